The molecule has 2 bridgehead atoms. The van der Waals surface area contributed by atoms with Crippen LogP contribution in [0.1, 0.15) is 78.9 Å². The minimum absolute atomic E-state index is 0.193. The fraction of sp³-hybridized carbons (Fsp3) is 0.714. The van der Waals surface area contributed by atoms with E-state index in [1.165, 1.54) is 39.4 Å². The molecule has 4 aliphatic carbocycles. The number of aliphatic hydroxyl groups is 4. The van der Waals surface area contributed by atoms with Gasteiger partial charge in [0.05, 0.1) is 29.8 Å². The number of hydrogen-bond donors (Lipinski definition) is 4. The smallest absolute Gasteiger partial charge is 0.306 e. The van der Waals surface area contributed by atoms with Gasteiger partial charge in [-0.2, -0.15) is 0 Å². The first-order chi connectivity index (χ1) is 24.2. The number of hydrogen-bond acceptors (Lipinski definition) is 17. The van der Waals surface area contributed by atoms with Crippen molar-refractivity contribution >= 4 is 35.8 Å². The Morgan fingerprint density at radius 2 is 1.44 bits per heavy atom. The molecular weight excluding hydrogens is 692 g/mol. The van der Waals surface area contributed by atoms with Gasteiger partial charge in [-0.3, -0.25) is 28.8 Å². The van der Waals surface area contributed by atoms with Gasteiger partial charge in [0, 0.05) is 50.5 Å². The van der Waals surface area contributed by atoms with Gasteiger partial charge < -0.3 is 53.3 Å². The molecule has 1 spiro atoms. The highest BCUT2D eigenvalue weighted by molar-refractivity contribution is 5.76. The lowest BCUT2D eigenvalue weighted by molar-refractivity contribution is -0.471. The van der Waals surface area contributed by atoms with Gasteiger partial charge in [0.25, 0.3) is 0 Å². The number of ether oxygens (including phenoxy) is 6. The number of esters is 6. The quantitative estimate of drug-likeness (QED) is 0.220. The van der Waals surface area contributed by atoms with E-state index in [-0.39, 0.29) is 12.0 Å². The third-order valence-electron chi connectivity index (χ3n) is 13.4. The summed E-state index contributed by atoms with van der Waals surface area (Å²) in [4.78, 5) is 79.2. The molecule has 1 aromatic rings. The molecule has 17 heteroatoms. The number of carbonyl (C=O) groups is 6. The Kier molecular flexibility index (Phi) is 7.67. The van der Waals surface area contributed by atoms with E-state index in [1.54, 1.807) is 0 Å². The molecule has 2 aliphatic heterocycles. The Morgan fingerprint density at radius 1 is 0.827 bits per heavy atom. The zero-order chi connectivity index (χ0) is 38.2. The largest absolute Gasteiger partial charge is 0.472 e. The first kappa shape index (κ1) is 36.3. The molecule has 6 aliphatic rings. The summed E-state index contributed by atoms with van der Waals surface area (Å²) in [6, 6.07) is 1.43. The average Bonchev–Trinajstić information content (AvgIpc) is 3.71. The summed E-state index contributed by atoms with van der Waals surface area (Å²) in [5.41, 5.74) is -17.9. The molecule has 0 radical (unpaired) electrons. The lowest BCUT2D eigenvalue weighted by Gasteiger charge is -2.78. The van der Waals surface area contributed by atoms with Crippen LogP contribution in [0.15, 0.2) is 23.0 Å². The van der Waals surface area contributed by atoms with Crippen LogP contribution in [0.3, 0.4) is 0 Å². The van der Waals surface area contributed by atoms with Crippen molar-refractivity contribution in [3.8, 4) is 0 Å². The summed E-state index contributed by atoms with van der Waals surface area (Å²) in [6.07, 6.45) is -9.43. The van der Waals surface area contributed by atoms with Crippen molar-refractivity contribution in [1.82, 2.24) is 0 Å². The normalized spacial score (nSPS) is 48.2. The third kappa shape index (κ3) is 3.86. The molecule has 284 valence electrons. The second-order valence-electron chi connectivity index (χ2n) is 15.7. The molecular formula is C35H42O17. The van der Waals surface area contributed by atoms with Gasteiger partial charge >= 0.3 is 35.8 Å². The van der Waals surface area contributed by atoms with E-state index >= 15 is 0 Å². The highest BCUT2D eigenvalue weighted by Crippen LogP contribution is 2.84. The van der Waals surface area contributed by atoms with Crippen molar-refractivity contribution < 1.29 is 82.0 Å². The fourth-order valence-corrected chi connectivity index (χ4v) is 11.8. The summed E-state index contributed by atoms with van der Waals surface area (Å²) in [5, 5.41) is 54.4. The molecule has 3 heterocycles. The molecule has 2 saturated heterocycles. The molecule has 17 nitrogen and oxygen atoms in total. The molecule has 0 aromatic carbocycles. The third-order valence-corrected chi connectivity index (χ3v) is 13.4. The van der Waals surface area contributed by atoms with Gasteiger partial charge in [0.2, 0.25) is 0 Å². The van der Waals surface area contributed by atoms with Gasteiger partial charge in [-0.25, -0.2) is 0 Å². The van der Waals surface area contributed by atoms with Crippen LogP contribution in [0.5, 0.6) is 0 Å². The standard InChI is InChI=1S/C35H42O17/c1-7-21(39)52-28-33(43)20-11-23(41)51-24(18-8-9-46-12-18)30(20,6)25(48-15(2)36)26(49-16(3)37)35(33,45)31-14-47-22(40)10-19(31)29(5)13-32(31,42)34(28,44)27(29)50-17(4)38/h8-9,12,19-20,24-28,42-45H,7,10-11,13-14H2,1-6H3/t19-,20+,24-,25-,26+,27-,28-,29+,30+,31+,32?,33+,34-,35-/m0/s1. The van der Waals surface area contributed by atoms with Crippen LogP contribution in [0, 0.1) is 28.1 Å². The van der Waals surface area contributed by atoms with Crippen LogP contribution in [-0.4, -0.2) is 110 Å². The van der Waals surface area contributed by atoms with Crippen molar-refractivity contribution in [3.63, 3.8) is 0 Å². The predicted molar refractivity (Wildman–Crippen MR) is 165 cm³/mol. The second-order valence-corrected chi connectivity index (χ2v) is 15.7. The van der Waals surface area contributed by atoms with Crippen LogP contribution < -0.4 is 0 Å². The summed E-state index contributed by atoms with van der Waals surface area (Å²) in [6.45, 7) is 6.50. The van der Waals surface area contributed by atoms with Crippen molar-refractivity contribution in [2.45, 2.75) is 120 Å². The van der Waals surface area contributed by atoms with Crippen molar-refractivity contribution in [3.05, 3.63) is 24.2 Å². The summed E-state index contributed by atoms with van der Waals surface area (Å²) in [7, 11) is 0. The maximum Gasteiger partial charge on any atom is 0.306 e. The van der Waals surface area contributed by atoms with Gasteiger partial charge in [-0.05, 0) is 18.4 Å². The number of cyclic esters (lactones) is 2. The number of rotatable bonds is 6. The Bertz CT molecular complexity index is 1760. The van der Waals surface area contributed by atoms with Gasteiger partial charge in [-0.15, -0.1) is 0 Å². The van der Waals surface area contributed by atoms with E-state index in [9.17, 15) is 49.2 Å². The molecule has 1 unspecified atom stereocenters. The molecule has 14 atom stereocenters. The molecule has 4 N–H and O–H groups in total. The summed E-state index contributed by atoms with van der Waals surface area (Å²) < 4.78 is 40.3. The van der Waals surface area contributed by atoms with E-state index in [0.29, 0.717) is 0 Å². The summed E-state index contributed by atoms with van der Waals surface area (Å²) in [5.74, 6) is -8.79. The number of furan rings is 1. The highest BCUT2D eigenvalue weighted by atomic mass is 16.6. The Labute approximate surface area is 296 Å². The maximum atomic E-state index is 13.9. The van der Waals surface area contributed by atoms with Crippen molar-refractivity contribution in [2.24, 2.45) is 28.1 Å². The molecule has 0 amide bonds. The Morgan fingerprint density at radius 3 is 2.02 bits per heavy atom. The van der Waals surface area contributed by atoms with Crippen molar-refractivity contribution in [2.75, 3.05) is 6.61 Å². The van der Waals surface area contributed by atoms with Crippen LogP contribution in [0.2, 0.25) is 0 Å². The molecule has 1 aromatic heterocycles. The highest BCUT2D eigenvalue weighted by Gasteiger charge is 3.01. The summed E-state index contributed by atoms with van der Waals surface area (Å²) >= 11 is 0. The van der Waals surface area contributed by atoms with E-state index in [0.717, 1.165) is 20.8 Å². The number of fused-ring (bicyclic) bond motifs is 5. The zero-order valence-corrected chi connectivity index (χ0v) is 29.4. The maximum absolute atomic E-state index is 13.9. The lowest BCUT2D eigenvalue weighted by Crippen LogP contribution is -2.99. The lowest BCUT2D eigenvalue weighted by atomic mass is 9.32. The monoisotopic (exact) mass is 734 g/mol. The Balaban J connectivity index is 1.65. The van der Waals surface area contributed by atoms with Crippen LogP contribution in [-0.2, 0) is 57.2 Å². The molecule has 6 fully saturated rings. The SMILES string of the molecule is CCC(=O)O[C@@H]1[C@@]2(O)[C@@H](OC(C)=O)[C@]3(C)CC2(O)[C@]2(COC(=O)C[C@@H]32)[C@@]2(O)[C@H](OC(C)=O)[C@H](OC(C)=O)[C@]3(C)[C@@H](CC(=O)O[C@H]3c3ccoc3)[C@@]12O. The molecule has 52 heavy (non-hydrogen) atoms. The first-order valence-electron chi connectivity index (χ1n) is 17.1. The van der Waals surface area contributed by atoms with Gasteiger partial charge in [-0.1, -0.05) is 20.8 Å². The van der Waals surface area contributed by atoms with Gasteiger partial charge in [0.15, 0.2) is 23.9 Å². The minimum atomic E-state index is -3.18. The zero-order valence-electron chi connectivity index (χ0n) is 29.4. The molecule has 4 saturated carbocycles. The topological polar surface area (TPSA) is 252 Å². The Hall–Kier alpha value is -4.06. The van der Waals surface area contributed by atoms with E-state index < -0.39 is 143 Å². The van der Waals surface area contributed by atoms with Gasteiger partial charge in [0.1, 0.15) is 35.6 Å². The van der Waals surface area contributed by atoms with Crippen LogP contribution in [0.4, 0.5) is 0 Å². The van der Waals surface area contributed by atoms with E-state index in [1.807, 2.05) is 0 Å². The fourth-order valence-electron chi connectivity index (χ4n) is 11.8. The van der Waals surface area contributed by atoms with Crippen LogP contribution in [0.25, 0.3) is 0 Å². The number of carbonyl (C=O) groups excluding carboxylic acids is 6. The first-order valence-corrected chi connectivity index (χ1v) is 17.1. The minimum Gasteiger partial charge on any atom is -0.472 e. The van der Waals surface area contributed by atoms with Crippen molar-refractivity contribution in [1.29, 1.82) is 0 Å². The van der Waals surface area contributed by atoms with E-state index in [2.05, 4.69) is 0 Å². The molecule has 7 rings (SSSR count). The van der Waals surface area contributed by atoms with E-state index in [4.69, 9.17) is 32.8 Å². The predicted octanol–water partition coefficient (Wildman–Crippen LogP) is -0.0683. The van der Waals surface area contributed by atoms with Crippen LogP contribution >= 0.6 is 0 Å². The second kappa shape index (κ2) is 11.0. The average molecular weight is 735 g/mol.